The minimum atomic E-state index is 0.835. The predicted molar refractivity (Wildman–Crippen MR) is 78.3 cm³/mol. The van der Waals surface area contributed by atoms with E-state index < -0.39 is 0 Å². The second kappa shape index (κ2) is 17.2. The lowest BCUT2D eigenvalue weighted by Gasteiger charge is -2.04. The molecule has 0 aromatic heterocycles. The Morgan fingerprint density at radius 2 is 0.941 bits per heavy atom. The van der Waals surface area contributed by atoms with E-state index in [0.29, 0.717) is 0 Å². The molecular weight excluding hydrogens is 212 g/mol. The number of aryl methyl sites for hydroxylation is 1. The third-order valence-corrected chi connectivity index (χ3v) is 1.50. The number of hydrogen-bond acceptors (Lipinski definition) is 2. The summed E-state index contributed by atoms with van der Waals surface area (Å²) in [5.41, 5.74) is 1.14. The van der Waals surface area contributed by atoms with Crippen LogP contribution in [0.2, 0.25) is 0 Å². The van der Waals surface area contributed by atoms with E-state index in [9.17, 15) is 0 Å². The highest BCUT2D eigenvalue weighted by molar-refractivity contribution is 5.37. The van der Waals surface area contributed by atoms with Crippen molar-refractivity contribution in [3.05, 3.63) is 23.8 Å². The summed E-state index contributed by atoms with van der Waals surface area (Å²) in [7, 11) is 3.29. The molecule has 0 bridgehead atoms. The van der Waals surface area contributed by atoms with Crippen LogP contribution in [0.15, 0.2) is 18.2 Å². The summed E-state index contributed by atoms with van der Waals surface area (Å²) in [4.78, 5) is 0. The van der Waals surface area contributed by atoms with Crippen LogP contribution in [0.3, 0.4) is 0 Å². The van der Waals surface area contributed by atoms with Crippen molar-refractivity contribution in [3.8, 4) is 11.5 Å². The van der Waals surface area contributed by atoms with E-state index in [1.165, 1.54) is 0 Å². The SMILES string of the molecule is CC.CC.CC.COc1cc(C)cc(OC)c1. The number of hydrogen-bond donors (Lipinski definition) is 0. The van der Waals surface area contributed by atoms with E-state index in [2.05, 4.69) is 0 Å². The zero-order valence-corrected chi connectivity index (χ0v) is 13.0. The van der Waals surface area contributed by atoms with Crippen molar-refractivity contribution in [2.24, 2.45) is 0 Å². The van der Waals surface area contributed by atoms with Crippen molar-refractivity contribution in [2.45, 2.75) is 48.5 Å². The fourth-order valence-electron chi connectivity index (χ4n) is 0.950. The molecule has 0 saturated heterocycles. The fraction of sp³-hybridized carbons (Fsp3) is 0.600. The first kappa shape index (κ1) is 21.1. The Kier molecular flexibility index (Phi) is 21.4. The molecule has 1 rings (SSSR count). The Balaban J connectivity index is -0.000000285. The second-order valence-electron chi connectivity index (χ2n) is 2.39. The van der Waals surface area contributed by atoms with Gasteiger partial charge in [0.1, 0.15) is 11.5 Å². The van der Waals surface area contributed by atoms with E-state index in [-0.39, 0.29) is 0 Å². The summed E-state index contributed by atoms with van der Waals surface area (Å²) in [5.74, 6) is 1.67. The van der Waals surface area contributed by atoms with Gasteiger partial charge < -0.3 is 9.47 Å². The lowest BCUT2D eigenvalue weighted by molar-refractivity contribution is 0.394. The van der Waals surface area contributed by atoms with Gasteiger partial charge in [-0.25, -0.2) is 0 Å². The Bertz CT molecular complexity index is 222. The monoisotopic (exact) mass is 242 g/mol. The summed E-state index contributed by atoms with van der Waals surface area (Å²) < 4.78 is 10.1. The quantitative estimate of drug-likeness (QED) is 0.719. The maximum absolute atomic E-state index is 5.06. The van der Waals surface area contributed by atoms with Crippen LogP contribution in [0.4, 0.5) is 0 Å². The van der Waals surface area contributed by atoms with Gasteiger partial charge in [0.25, 0.3) is 0 Å². The van der Waals surface area contributed by atoms with Crippen LogP contribution in [-0.4, -0.2) is 14.2 Å². The van der Waals surface area contributed by atoms with Crippen LogP contribution in [0.1, 0.15) is 47.1 Å². The molecule has 2 heteroatoms. The summed E-state index contributed by atoms with van der Waals surface area (Å²) in [6, 6.07) is 5.78. The highest BCUT2D eigenvalue weighted by Crippen LogP contribution is 2.21. The number of methoxy groups -OCH3 is 2. The first-order chi connectivity index (χ1) is 8.26. The van der Waals surface area contributed by atoms with Crippen LogP contribution in [-0.2, 0) is 0 Å². The molecule has 0 amide bonds. The predicted octanol–water partition coefficient (Wildman–Crippen LogP) is 5.09. The Morgan fingerprint density at radius 3 is 1.18 bits per heavy atom. The standard InChI is InChI=1S/C9H12O2.3C2H6/c1-7-4-8(10-2)6-9(5-7)11-3;3*1-2/h4-6H,1-3H3;3*1-2H3. The highest BCUT2D eigenvalue weighted by Gasteiger charge is 1.96. The third kappa shape index (κ3) is 11.1. The normalized spacial score (nSPS) is 7.12. The van der Waals surface area contributed by atoms with Crippen LogP contribution in [0.5, 0.6) is 11.5 Å². The molecule has 17 heavy (non-hydrogen) atoms. The molecule has 0 unspecified atom stereocenters. The molecule has 0 aliphatic heterocycles. The number of benzene rings is 1. The van der Waals surface area contributed by atoms with Crippen LogP contribution < -0.4 is 9.47 Å². The summed E-state index contributed by atoms with van der Waals surface area (Å²) >= 11 is 0. The Labute approximate surface area is 108 Å². The average molecular weight is 242 g/mol. The lowest BCUT2D eigenvalue weighted by atomic mass is 10.2. The molecule has 0 aliphatic carbocycles. The average Bonchev–Trinajstić information content (AvgIpc) is 2.44. The van der Waals surface area contributed by atoms with E-state index in [1.54, 1.807) is 14.2 Å². The van der Waals surface area contributed by atoms with Crippen LogP contribution in [0, 0.1) is 6.92 Å². The second-order valence-corrected chi connectivity index (χ2v) is 2.39. The molecule has 2 nitrogen and oxygen atoms in total. The highest BCUT2D eigenvalue weighted by atomic mass is 16.5. The summed E-state index contributed by atoms with van der Waals surface area (Å²) in [6.45, 7) is 14.0. The van der Waals surface area contributed by atoms with Gasteiger partial charge in [-0.1, -0.05) is 41.5 Å². The molecule has 1 aromatic carbocycles. The number of ether oxygens (including phenoxy) is 2. The van der Waals surface area contributed by atoms with Gasteiger partial charge >= 0.3 is 0 Å². The maximum atomic E-state index is 5.06. The molecule has 1 aromatic rings. The first-order valence-electron chi connectivity index (χ1n) is 6.46. The minimum Gasteiger partial charge on any atom is -0.497 e. The van der Waals surface area contributed by atoms with Gasteiger partial charge in [-0.15, -0.1) is 0 Å². The zero-order valence-electron chi connectivity index (χ0n) is 13.0. The lowest BCUT2D eigenvalue weighted by Crippen LogP contribution is -1.87. The van der Waals surface area contributed by atoms with Crippen molar-refractivity contribution in [2.75, 3.05) is 14.2 Å². The van der Waals surface area contributed by atoms with Gasteiger partial charge in [0.05, 0.1) is 14.2 Å². The van der Waals surface area contributed by atoms with E-state index in [0.717, 1.165) is 17.1 Å². The van der Waals surface area contributed by atoms with E-state index in [4.69, 9.17) is 9.47 Å². The van der Waals surface area contributed by atoms with Gasteiger partial charge in [-0.3, -0.25) is 0 Å². The van der Waals surface area contributed by atoms with Gasteiger partial charge in [0, 0.05) is 6.07 Å². The van der Waals surface area contributed by atoms with Crippen LogP contribution >= 0.6 is 0 Å². The molecule has 0 radical (unpaired) electrons. The molecule has 0 saturated carbocycles. The molecule has 0 spiro atoms. The molecule has 0 fully saturated rings. The van der Waals surface area contributed by atoms with Crippen molar-refractivity contribution < 1.29 is 9.47 Å². The first-order valence-corrected chi connectivity index (χ1v) is 6.46. The van der Waals surface area contributed by atoms with Crippen molar-refractivity contribution in [3.63, 3.8) is 0 Å². The third-order valence-electron chi connectivity index (χ3n) is 1.50. The number of rotatable bonds is 2. The Morgan fingerprint density at radius 1 is 0.647 bits per heavy atom. The van der Waals surface area contributed by atoms with Crippen molar-refractivity contribution in [1.82, 2.24) is 0 Å². The van der Waals surface area contributed by atoms with Gasteiger partial charge in [0.15, 0.2) is 0 Å². The largest absolute Gasteiger partial charge is 0.497 e. The molecular formula is C15H30O2. The van der Waals surface area contributed by atoms with Gasteiger partial charge in [-0.05, 0) is 24.6 Å². The van der Waals surface area contributed by atoms with Crippen LogP contribution in [0.25, 0.3) is 0 Å². The van der Waals surface area contributed by atoms with Gasteiger partial charge in [-0.2, -0.15) is 0 Å². The fourth-order valence-corrected chi connectivity index (χ4v) is 0.950. The molecule has 102 valence electrons. The Hall–Kier alpha value is -1.18. The van der Waals surface area contributed by atoms with Crippen molar-refractivity contribution >= 4 is 0 Å². The minimum absolute atomic E-state index is 0.835. The molecule has 0 aliphatic rings. The molecule has 0 heterocycles. The van der Waals surface area contributed by atoms with Crippen molar-refractivity contribution in [1.29, 1.82) is 0 Å². The van der Waals surface area contributed by atoms with Gasteiger partial charge in [0.2, 0.25) is 0 Å². The smallest absolute Gasteiger partial charge is 0.122 e. The molecule has 0 atom stereocenters. The maximum Gasteiger partial charge on any atom is 0.122 e. The topological polar surface area (TPSA) is 18.5 Å². The summed E-state index contributed by atoms with van der Waals surface area (Å²) in [6.07, 6.45) is 0. The summed E-state index contributed by atoms with van der Waals surface area (Å²) in [5, 5.41) is 0. The van der Waals surface area contributed by atoms with E-state index >= 15 is 0 Å². The zero-order chi connectivity index (χ0) is 14.3. The van der Waals surface area contributed by atoms with E-state index in [1.807, 2.05) is 66.7 Å². The molecule has 0 N–H and O–H groups in total.